The van der Waals surface area contributed by atoms with E-state index in [1.807, 2.05) is 19.1 Å². The van der Waals surface area contributed by atoms with Gasteiger partial charge in [-0.25, -0.2) is 18.1 Å². The highest BCUT2D eigenvalue weighted by atomic mass is 32.2. The van der Waals surface area contributed by atoms with E-state index in [9.17, 15) is 22.8 Å². The molecule has 3 N–H and O–H groups in total. The summed E-state index contributed by atoms with van der Waals surface area (Å²) in [4.78, 5) is 47.6. The van der Waals surface area contributed by atoms with Crippen LogP contribution in [0.4, 0.5) is 0 Å². The van der Waals surface area contributed by atoms with Crippen LogP contribution in [0.1, 0.15) is 88.2 Å². The molecule has 242 valence electrons. The fraction of sp³-hybridized carbons (Fsp3) is 0.688. The fourth-order valence-corrected chi connectivity index (χ4v) is 7.97. The van der Waals surface area contributed by atoms with Crippen molar-refractivity contribution in [2.75, 3.05) is 25.9 Å². The number of benzene rings is 1. The molecule has 5 rings (SSSR count). The molecule has 3 fully saturated rings. The van der Waals surface area contributed by atoms with Crippen LogP contribution in [0.5, 0.6) is 0 Å². The predicted octanol–water partition coefficient (Wildman–Crippen LogP) is 3.40. The minimum absolute atomic E-state index is 0.0324. The van der Waals surface area contributed by atoms with Gasteiger partial charge in [0.05, 0.1) is 12.3 Å². The number of oxazole rings is 1. The van der Waals surface area contributed by atoms with Gasteiger partial charge in [-0.1, -0.05) is 51.2 Å². The lowest BCUT2D eigenvalue weighted by molar-refractivity contribution is -0.140. The summed E-state index contributed by atoms with van der Waals surface area (Å²) >= 11 is 0. The first kappa shape index (κ1) is 32.6. The van der Waals surface area contributed by atoms with Gasteiger partial charge in [-0.3, -0.25) is 14.4 Å². The van der Waals surface area contributed by atoms with Crippen molar-refractivity contribution in [2.24, 2.45) is 17.8 Å². The topological polar surface area (TPSA) is 151 Å². The summed E-state index contributed by atoms with van der Waals surface area (Å²) in [6.07, 6.45) is 10.6. The number of carbonyl (C=O) groups is 3. The van der Waals surface area contributed by atoms with Gasteiger partial charge in [0, 0.05) is 6.54 Å². The third-order valence-corrected chi connectivity index (χ3v) is 10.4. The number of rotatable bonds is 12. The molecule has 0 bridgehead atoms. The standard InChI is InChI=1S/C32H47N5O6S/c1-21-16-19-37(32(40)25(36-44(2,41)42)13-12-22-14-17-33-18-15-22)28(21)30(39)34-26(20-23-8-4-3-5-9-23)29(38)31-35-24-10-6-7-11-27(24)43-31/h6-7,10-11,21-23,25-26,28,33,36H,3-5,8-9,12-20H2,1-2H3,(H,34,39)/t21-,25+,26-,28-/m0/s1. The molecular weight excluding hydrogens is 582 g/mol. The fourth-order valence-electron chi connectivity index (χ4n) is 7.23. The number of Topliss-reactive ketones (excluding diaryl/α,β-unsaturated/α-hetero) is 1. The number of hydrogen-bond acceptors (Lipinski definition) is 8. The van der Waals surface area contributed by atoms with Gasteiger partial charge in [-0.05, 0) is 81.5 Å². The quantitative estimate of drug-likeness (QED) is 0.303. The number of carbonyl (C=O) groups excluding carboxylic acids is 3. The molecule has 2 saturated heterocycles. The lowest BCUT2D eigenvalue weighted by Crippen LogP contribution is -2.56. The van der Waals surface area contributed by atoms with Gasteiger partial charge in [0.2, 0.25) is 27.6 Å². The molecule has 2 aromatic rings. The van der Waals surface area contributed by atoms with Crippen LogP contribution in [0.15, 0.2) is 28.7 Å². The highest BCUT2D eigenvalue weighted by molar-refractivity contribution is 7.88. The van der Waals surface area contributed by atoms with Crippen molar-refractivity contribution in [3.8, 4) is 0 Å². The van der Waals surface area contributed by atoms with Crippen LogP contribution >= 0.6 is 0 Å². The first-order valence-electron chi connectivity index (χ1n) is 16.3. The van der Waals surface area contributed by atoms with Gasteiger partial charge in [-0.15, -0.1) is 0 Å². The third-order valence-electron chi connectivity index (χ3n) is 9.66. The average molecular weight is 630 g/mol. The number of aromatic nitrogens is 1. The maximum atomic E-state index is 14.0. The SMILES string of the molecule is C[C@H]1CCN(C(=O)[C@@H](CCC2CCNCC2)NS(C)(=O)=O)[C@@H]1C(=O)N[C@@H](CC1CCCCC1)C(=O)c1nc2ccccc2o1. The normalized spacial score (nSPS) is 23.5. The number of sulfonamides is 1. The Hall–Kier alpha value is -2.83. The minimum atomic E-state index is -3.66. The van der Waals surface area contributed by atoms with E-state index < -0.39 is 34.1 Å². The number of piperidine rings is 1. The van der Waals surface area contributed by atoms with Gasteiger partial charge in [-0.2, -0.15) is 0 Å². The number of fused-ring (bicyclic) bond motifs is 1. The van der Waals surface area contributed by atoms with Crippen molar-refractivity contribution >= 4 is 38.7 Å². The van der Waals surface area contributed by atoms with E-state index in [1.54, 1.807) is 12.1 Å². The monoisotopic (exact) mass is 629 g/mol. The second-order valence-corrected chi connectivity index (χ2v) is 14.9. The van der Waals surface area contributed by atoms with Crippen LogP contribution in [-0.2, 0) is 19.6 Å². The lowest BCUT2D eigenvalue weighted by Gasteiger charge is -2.32. The van der Waals surface area contributed by atoms with Crippen molar-refractivity contribution < 1.29 is 27.2 Å². The molecule has 1 aliphatic carbocycles. The van der Waals surface area contributed by atoms with Gasteiger partial charge in [0.1, 0.15) is 17.6 Å². The van der Waals surface area contributed by atoms with Crippen molar-refractivity contribution in [1.82, 2.24) is 25.2 Å². The number of para-hydroxylation sites is 2. The molecule has 1 aromatic heterocycles. The zero-order chi connectivity index (χ0) is 31.3. The minimum Gasteiger partial charge on any atom is -0.434 e. The maximum absolute atomic E-state index is 14.0. The maximum Gasteiger partial charge on any atom is 0.266 e. The average Bonchev–Trinajstić information content (AvgIpc) is 3.62. The van der Waals surface area contributed by atoms with E-state index in [1.165, 1.54) is 11.3 Å². The van der Waals surface area contributed by atoms with Crippen molar-refractivity contribution in [3.05, 3.63) is 30.2 Å². The lowest BCUT2D eigenvalue weighted by atomic mass is 9.84. The van der Waals surface area contributed by atoms with E-state index in [0.29, 0.717) is 48.7 Å². The summed E-state index contributed by atoms with van der Waals surface area (Å²) < 4.78 is 32.9. The first-order chi connectivity index (χ1) is 21.1. The van der Waals surface area contributed by atoms with Crippen molar-refractivity contribution in [3.63, 3.8) is 0 Å². The molecule has 3 aliphatic rings. The second kappa shape index (κ2) is 14.5. The second-order valence-electron chi connectivity index (χ2n) is 13.1. The van der Waals surface area contributed by atoms with Gasteiger partial charge in [0.25, 0.3) is 5.89 Å². The molecule has 2 aliphatic heterocycles. The Balaban J connectivity index is 1.33. The Morgan fingerprint density at radius 3 is 2.45 bits per heavy atom. The highest BCUT2D eigenvalue weighted by Crippen LogP contribution is 2.30. The van der Waals surface area contributed by atoms with Crippen molar-refractivity contribution in [2.45, 2.75) is 95.7 Å². The molecule has 1 aromatic carbocycles. The first-order valence-corrected chi connectivity index (χ1v) is 18.2. The summed E-state index contributed by atoms with van der Waals surface area (Å²) in [5, 5.41) is 6.34. The Morgan fingerprint density at radius 2 is 1.75 bits per heavy atom. The molecule has 11 nitrogen and oxygen atoms in total. The molecule has 1 saturated carbocycles. The van der Waals surface area contributed by atoms with Crippen LogP contribution < -0.4 is 15.4 Å². The Labute approximate surface area is 260 Å². The predicted molar refractivity (Wildman–Crippen MR) is 167 cm³/mol. The summed E-state index contributed by atoms with van der Waals surface area (Å²) in [6.45, 7) is 4.10. The molecule has 12 heteroatoms. The molecule has 2 amide bonds. The summed E-state index contributed by atoms with van der Waals surface area (Å²) in [7, 11) is -3.66. The molecule has 4 atom stereocenters. The Kier molecular flexibility index (Phi) is 10.7. The number of amides is 2. The molecule has 0 spiro atoms. The van der Waals surface area contributed by atoms with Gasteiger partial charge < -0.3 is 20.0 Å². The van der Waals surface area contributed by atoms with Crippen molar-refractivity contribution in [1.29, 1.82) is 0 Å². The smallest absolute Gasteiger partial charge is 0.266 e. The highest BCUT2D eigenvalue weighted by Gasteiger charge is 2.43. The zero-order valence-electron chi connectivity index (χ0n) is 25.9. The number of nitrogens with one attached hydrogen (secondary N) is 3. The van der Waals surface area contributed by atoms with E-state index in [0.717, 1.165) is 64.3 Å². The number of ketones is 1. The van der Waals surface area contributed by atoms with Crippen LogP contribution in [0.3, 0.4) is 0 Å². The number of hydrogen-bond donors (Lipinski definition) is 3. The number of nitrogens with zero attached hydrogens (tertiary/aromatic N) is 2. The molecule has 0 unspecified atom stereocenters. The molecular formula is C32H47N5O6S. The van der Waals surface area contributed by atoms with Crippen LogP contribution in [0.2, 0.25) is 0 Å². The molecule has 3 heterocycles. The third kappa shape index (κ3) is 8.25. The van der Waals surface area contributed by atoms with E-state index in [2.05, 4.69) is 20.3 Å². The van der Waals surface area contributed by atoms with E-state index in [4.69, 9.17) is 4.42 Å². The van der Waals surface area contributed by atoms with Crippen LogP contribution in [0.25, 0.3) is 11.1 Å². The van der Waals surface area contributed by atoms with Gasteiger partial charge in [0.15, 0.2) is 5.58 Å². The summed E-state index contributed by atoms with van der Waals surface area (Å²) in [6, 6.07) is 4.58. The Morgan fingerprint density at radius 1 is 1.02 bits per heavy atom. The molecule has 0 radical (unpaired) electrons. The zero-order valence-corrected chi connectivity index (χ0v) is 26.7. The van der Waals surface area contributed by atoms with Crippen LogP contribution in [0, 0.1) is 17.8 Å². The molecule has 44 heavy (non-hydrogen) atoms. The largest absolute Gasteiger partial charge is 0.434 e. The van der Waals surface area contributed by atoms with Gasteiger partial charge >= 0.3 is 0 Å². The number of likely N-dealkylation sites (tertiary alicyclic amines) is 1. The summed E-state index contributed by atoms with van der Waals surface area (Å²) in [5.74, 6) is -0.635. The summed E-state index contributed by atoms with van der Waals surface area (Å²) in [5.41, 5.74) is 1.09. The van der Waals surface area contributed by atoms with E-state index >= 15 is 0 Å². The van der Waals surface area contributed by atoms with E-state index in [-0.39, 0.29) is 23.5 Å². The van der Waals surface area contributed by atoms with Crippen LogP contribution in [-0.4, -0.2) is 79.9 Å². The Bertz CT molecular complexity index is 1380.